The fourth-order valence-corrected chi connectivity index (χ4v) is 3.77. The van der Waals surface area contributed by atoms with Gasteiger partial charge in [-0.2, -0.15) is 10.1 Å². The topological polar surface area (TPSA) is 71.8 Å². The molecule has 3 aromatic rings. The van der Waals surface area contributed by atoms with Gasteiger partial charge < -0.3 is 10.6 Å². The van der Waals surface area contributed by atoms with Gasteiger partial charge in [0.25, 0.3) is 5.91 Å². The Bertz CT molecular complexity index is 1060. The molecule has 7 heteroatoms. The van der Waals surface area contributed by atoms with E-state index in [1.807, 2.05) is 62.4 Å². The molecule has 0 bridgehead atoms. The number of aromatic nitrogens is 3. The molecule has 27 heavy (non-hydrogen) atoms. The molecule has 0 spiro atoms. The molecule has 1 aliphatic rings. The van der Waals surface area contributed by atoms with Gasteiger partial charge in [-0.25, -0.2) is 4.68 Å². The number of carbonyl (C=O) groups excluding carboxylic acids is 1. The van der Waals surface area contributed by atoms with Crippen LogP contribution >= 0.6 is 15.9 Å². The number of rotatable bonds is 3. The van der Waals surface area contributed by atoms with Crippen molar-refractivity contribution in [2.45, 2.75) is 19.9 Å². The Morgan fingerprint density at radius 2 is 1.89 bits per heavy atom. The highest BCUT2D eigenvalue weighted by molar-refractivity contribution is 9.10. The third kappa shape index (κ3) is 3.14. The Morgan fingerprint density at radius 1 is 1.15 bits per heavy atom. The van der Waals surface area contributed by atoms with Crippen molar-refractivity contribution in [1.82, 2.24) is 14.8 Å². The molecule has 2 aromatic carbocycles. The summed E-state index contributed by atoms with van der Waals surface area (Å²) in [5, 5.41) is 10.6. The van der Waals surface area contributed by atoms with E-state index in [4.69, 9.17) is 0 Å². The summed E-state index contributed by atoms with van der Waals surface area (Å²) >= 11 is 3.61. The third-order valence-electron chi connectivity index (χ3n) is 4.63. The highest BCUT2D eigenvalue weighted by atomic mass is 79.9. The fourth-order valence-electron chi connectivity index (χ4n) is 3.27. The molecule has 4 rings (SSSR count). The molecule has 2 N–H and O–H groups in total. The average Bonchev–Trinajstić information content (AvgIpc) is 3.11. The van der Waals surface area contributed by atoms with E-state index in [0.29, 0.717) is 11.5 Å². The molecule has 0 saturated carbocycles. The van der Waals surface area contributed by atoms with E-state index in [9.17, 15) is 4.79 Å². The number of hydrogen-bond acceptors (Lipinski definition) is 4. The molecule has 1 amide bonds. The van der Waals surface area contributed by atoms with Crippen molar-refractivity contribution in [3.05, 3.63) is 81.7 Å². The molecule has 1 unspecified atom stereocenters. The number of anilines is 2. The second-order valence-electron chi connectivity index (χ2n) is 6.38. The Labute approximate surface area is 165 Å². The maximum absolute atomic E-state index is 13.3. The number of aryl methyl sites for hydroxylation is 1. The van der Waals surface area contributed by atoms with Gasteiger partial charge in [0.05, 0.1) is 5.57 Å². The molecule has 0 radical (unpaired) electrons. The first-order chi connectivity index (χ1) is 13.1. The van der Waals surface area contributed by atoms with Gasteiger partial charge in [-0.15, -0.1) is 0 Å². The molecular formula is C20H18BrN5O. The predicted molar refractivity (Wildman–Crippen MR) is 108 cm³/mol. The molecule has 1 aromatic heterocycles. The normalized spacial score (nSPS) is 15.9. The average molecular weight is 424 g/mol. The lowest BCUT2D eigenvalue weighted by molar-refractivity contribution is -0.113. The molecule has 6 nitrogen and oxygen atoms in total. The number of halogens is 1. The van der Waals surface area contributed by atoms with Crippen molar-refractivity contribution in [2.24, 2.45) is 0 Å². The number of nitrogens with one attached hydrogen (secondary N) is 2. The summed E-state index contributed by atoms with van der Waals surface area (Å²) in [5.41, 5.74) is 4.09. The van der Waals surface area contributed by atoms with Crippen LogP contribution in [0, 0.1) is 6.92 Å². The number of fused-ring (bicyclic) bond motifs is 1. The maximum Gasteiger partial charge on any atom is 0.255 e. The van der Waals surface area contributed by atoms with Crippen LogP contribution in [0.2, 0.25) is 0 Å². The van der Waals surface area contributed by atoms with E-state index in [0.717, 1.165) is 27.0 Å². The molecule has 2 heterocycles. The van der Waals surface area contributed by atoms with Crippen molar-refractivity contribution in [3.8, 4) is 0 Å². The minimum Gasteiger partial charge on any atom is -0.328 e. The second kappa shape index (κ2) is 7.00. The standard InChI is InChI=1S/C20H18BrN5O/c1-12-7-3-6-10-16(12)25-19(27)17-13(2)24-20-22-11-23-26(20)18(17)14-8-4-5-9-15(14)21/h3-11,18H,1-2H3,(H,25,27)(H,22,23,24). The van der Waals surface area contributed by atoms with Crippen molar-refractivity contribution in [1.29, 1.82) is 0 Å². The van der Waals surface area contributed by atoms with Crippen LogP contribution in [0.4, 0.5) is 11.6 Å². The summed E-state index contributed by atoms with van der Waals surface area (Å²) < 4.78 is 2.65. The smallest absolute Gasteiger partial charge is 0.255 e. The van der Waals surface area contributed by atoms with E-state index >= 15 is 0 Å². The van der Waals surface area contributed by atoms with Gasteiger partial charge in [-0.3, -0.25) is 4.79 Å². The molecule has 0 aliphatic carbocycles. The van der Waals surface area contributed by atoms with Gasteiger partial charge in [-0.1, -0.05) is 52.3 Å². The highest BCUT2D eigenvalue weighted by Gasteiger charge is 2.34. The van der Waals surface area contributed by atoms with Crippen LogP contribution in [-0.4, -0.2) is 20.7 Å². The van der Waals surface area contributed by atoms with Crippen molar-refractivity contribution in [2.75, 3.05) is 10.6 Å². The van der Waals surface area contributed by atoms with Crippen molar-refractivity contribution < 1.29 is 4.79 Å². The van der Waals surface area contributed by atoms with Gasteiger partial charge in [0, 0.05) is 15.9 Å². The van der Waals surface area contributed by atoms with E-state index in [1.54, 1.807) is 4.68 Å². The lowest BCUT2D eigenvalue weighted by Crippen LogP contribution is -2.31. The van der Waals surface area contributed by atoms with Crippen LogP contribution in [0.25, 0.3) is 0 Å². The number of carbonyl (C=O) groups is 1. The van der Waals surface area contributed by atoms with Crippen molar-refractivity contribution >= 4 is 33.5 Å². The summed E-state index contributed by atoms with van der Waals surface area (Å²) in [7, 11) is 0. The first-order valence-electron chi connectivity index (χ1n) is 8.55. The van der Waals surface area contributed by atoms with Crippen LogP contribution in [0.15, 0.2) is 70.6 Å². The number of hydrogen-bond donors (Lipinski definition) is 2. The highest BCUT2D eigenvalue weighted by Crippen LogP contribution is 2.38. The van der Waals surface area contributed by atoms with E-state index < -0.39 is 0 Å². The fraction of sp³-hybridized carbons (Fsp3) is 0.150. The summed E-state index contributed by atoms with van der Waals surface area (Å²) in [6.07, 6.45) is 1.49. The molecule has 136 valence electrons. The predicted octanol–water partition coefficient (Wildman–Crippen LogP) is 4.28. The Morgan fingerprint density at radius 3 is 2.67 bits per heavy atom. The SMILES string of the molecule is CC1=C(C(=O)Nc2ccccc2C)C(c2ccccc2Br)n2ncnc2N1. The van der Waals surface area contributed by atoms with E-state index in [-0.39, 0.29) is 11.9 Å². The summed E-state index contributed by atoms with van der Waals surface area (Å²) in [6, 6.07) is 15.2. The van der Waals surface area contributed by atoms with Crippen LogP contribution < -0.4 is 10.6 Å². The largest absolute Gasteiger partial charge is 0.328 e. The minimum absolute atomic E-state index is 0.170. The third-order valence-corrected chi connectivity index (χ3v) is 5.35. The van der Waals surface area contributed by atoms with Gasteiger partial charge in [-0.05, 0) is 37.1 Å². The van der Waals surface area contributed by atoms with Crippen LogP contribution in [-0.2, 0) is 4.79 Å². The van der Waals surface area contributed by atoms with E-state index in [2.05, 4.69) is 36.6 Å². The molecule has 0 fully saturated rings. The second-order valence-corrected chi connectivity index (χ2v) is 7.24. The number of nitrogens with zero attached hydrogens (tertiary/aromatic N) is 3. The Kier molecular flexibility index (Phi) is 4.53. The van der Waals surface area contributed by atoms with Crippen molar-refractivity contribution in [3.63, 3.8) is 0 Å². The number of amides is 1. The summed E-state index contributed by atoms with van der Waals surface area (Å²) in [5.74, 6) is 0.442. The summed E-state index contributed by atoms with van der Waals surface area (Å²) in [6.45, 7) is 3.85. The van der Waals surface area contributed by atoms with Gasteiger partial charge >= 0.3 is 0 Å². The summed E-state index contributed by atoms with van der Waals surface area (Å²) in [4.78, 5) is 17.5. The van der Waals surface area contributed by atoms with Gasteiger partial charge in [0.1, 0.15) is 12.4 Å². The number of allylic oxidation sites excluding steroid dienone is 1. The van der Waals surface area contributed by atoms with Gasteiger partial charge in [0.15, 0.2) is 0 Å². The first kappa shape index (κ1) is 17.5. The monoisotopic (exact) mass is 423 g/mol. The number of para-hydroxylation sites is 1. The Hall–Kier alpha value is -2.93. The lowest BCUT2D eigenvalue weighted by Gasteiger charge is -2.29. The molecule has 1 aliphatic heterocycles. The zero-order valence-electron chi connectivity index (χ0n) is 14.9. The van der Waals surface area contributed by atoms with Crippen LogP contribution in [0.5, 0.6) is 0 Å². The zero-order valence-corrected chi connectivity index (χ0v) is 16.5. The molecule has 1 atom stereocenters. The van der Waals surface area contributed by atoms with Crippen LogP contribution in [0.3, 0.4) is 0 Å². The van der Waals surface area contributed by atoms with E-state index in [1.165, 1.54) is 6.33 Å². The first-order valence-corrected chi connectivity index (χ1v) is 9.34. The minimum atomic E-state index is -0.386. The zero-order chi connectivity index (χ0) is 19.0. The maximum atomic E-state index is 13.3. The molecular weight excluding hydrogens is 406 g/mol. The molecule has 0 saturated heterocycles. The quantitative estimate of drug-likeness (QED) is 0.659. The van der Waals surface area contributed by atoms with Gasteiger partial charge in [0.2, 0.25) is 5.95 Å². The number of benzene rings is 2. The van der Waals surface area contributed by atoms with Crippen LogP contribution in [0.1, 0.15) is 24.1 Å². The Balaban J connectivity index is 1.80. The lowest BCUT2D eigenvalue weighted by atomic mass is 9.95.